The molecule has 1 aliphatic carbocycles. The number of carbonyl (C=O) groups excluding carboxylic acids is 2. The third kappa shape index (κ3) is 4.38. The Kier molecular flexibility index (Phi) is 6.01. The van der Waals surface area contributed by atoms with Crippen molar-refractivity contribution in [3.8, 4) is 23.3 Å². The summed E-state index contributed by atoms with van der Waals surface area (Å²) in [6.45, 7) is 1.08. The zero-order valence-electron chi connectivity index (χ0n) is 18.6. The fourth-order valence-corrected chi connectivity index (χ4v) is 4.69. The second kappa shape index (κ2) is 9.40. The number of ether oxygens (including phenoxy) is 2. The van der Waals surface area contributed by atoms with Crippen LogP contribution in [0.25, 0.3) is 0 Å². The highest BCUT2D eigenvalue weighted by molar-refractivity contribution is 5.94. The molecule has 6 heteroatoms. The van der Waals surface area contributed by atoms with Crippen LogP contribution in [0.15, 0.2) is 60.7 Å². The normalized spacial score (nSPS) is 16.5. The molecule has 0 saturated carbocycles. The molecule has 1 atom stereocenters. The van der Waals surface area contributed by atoms with E-state index in [1.54, 1.807) is 36.4 Å². The van der Waals surface area contributed by atoms with Gasteiger partial charge in [0.05, 0.1) is 12.2 Å². The molecular formula is C28H24N2O4. The lowest BCUT2D eigenvalue weighted by molar-refractivity contribution is -0.109. The van der Waals surface area contributed by atoms with Crippen LogP contribution in [0.2, 0.25) is 0 Å². The maximum Gasteiger partial charge on any atom is 0.251 e. The second-order valence-electron chi connectivity index (χ2n) is 8.76. The maximum atomic E-state index is 12.6. The van der Waals surface area contributed by atoms with Crippen molar-refractivity contribution in [2.24, 2.45) is 5.92 Å². The Morgan fingerprint density at radius 2 is 1.85 bits per heavy atom. The predicted octanol–water partition coefficient (Wildman–Crippen LogP) is 4.56. The molecule has 3 aromatic rings. The molecule has 34 heavy (non-hydrogen) atoms. The van der Waals surface area contributed by atoms with Gasteiger partial charge in [0.2, 0.25) is 0 Å². The number of benzene rings is 3. The van der Waals surface area contributed by atoms with Crippen LogP contribution in [0.5, 0.6) is 17.2 Å². The smallest absolute Gasteiger partial charge is 0.251 e. The van der Waals surface area contributed by atoms with Gasteiger partial charge in [0.25, 0.3) is 5.91 Å². The number of hydrogen-bond acceptors (Lipinski definition) is 5. The van der Waals surface area contributed by atoms with Crippen LogP contribution >= 0.6 is 0 Å². The highest BCUT2D eigenvalue weighted by Crippen LogP contribution is 2.39. The minimum atomic E-state index is -0.277. The van der Waals surface area contributed by atoms with E-state index in [-0.39, 0.29) is 11.8 Å². The van der Waals surface area contributed by atoms with Crippen molar-refractivity contribution in [3.63, 3.8) is 0 Å². The fraction of sp³-hybridized carbons (Fsp3) is 0.250. The molecule has 0 saturated heterocycles. The first-order valence-electron chi connectivity index (χ1n) is 11.4. The first kappa shape index (κ1) is 21.7. The van der Waals surface area contributed by atoms with Crippen molar-refractivity contribution in [3.05, 3.63) is 88.5 Å². The first-order chi connectivity index (χ1) is 16.6. The van der Waals surface area contributed by atoms with E-state index >= 15 is 0 Å². The summed E-state index contributed by atoms with van der Waals surface area (Å²) < 4.78 is 11.6. The summed E-state index contributed by atoms with van der Waals surface area (Å²) >= 11 is 0. The van der Waals surface area contributed by atoms with Crippen LogP contribution in [0, 0.1) is 17.2 Å². The predicted molar refractivity (Wildman–Crippen MR) is 126 cm³/mol. The fourth-order valence-electron chi connectivity index (χ4n) is 4.69. The summed E-state index contributed by atoms with van der Waals surface area (Å²) in [4.78, 5) is 24.0. The van der Waals surface area contributed by atoms with Gasteiger partial charge < -0.3 is 19.6 Å². The Bertz CT molecular complexity index is 1250. The third-order valence-corrected chi connectivity index (χ3v) is 6.51. The van der Waals surface area contributed by atoms with E-state index in [1.165, 1.54) is 11.1 Å². The second-order valence-corrected chi connectivity index (χ2v) is 8.76. The van der Waals surface area contributed by atoms with Crippen molar-refractivity contribution in [1.29, 1.82) is 5.26 Å². The number of nitrogens with one attached hydrogen (secondary N) is 1. The zero-order valence-corrected chi connectivity index (χ0v) is 18.6. The van der Waals surface area contributed by atoms with Gasteiger partial charge in [0.15, 0.2) is 0 Å². The molecule has 0 spiro atoms. The van der Waals surface area contributed by atoms with Gasteiger partial charge in [-0.25, -0.2) is 0 Å². The molecule has 1 aliphatic heterocycles. The van der Waals surface area contributed by atoms with Crippen molar-refractivity contribution in [2.45, 2.75) is 25.2 Å². The summed E-state index contributed by atoms with van der Waals surface area (Å²) in [6, 6.07) is 20.7. The number of rotatable bonds is 6. The number of fused-ring (bicyclic) bond motifs is 2. The Hall–Kier alpha value is -4.11. The van der Waals surface area contributed by atoms with Gasteiger partial charge in [-0.15, -0.1) is 0 Å². The van der Waals surface area contributed by atoms with Crippen LogP contribution in [-0.2, 0) is 17.6 Å². The molecule has 1 unspecified atom stereocenters. The van der Waals surface area contributed by atoms with E-state index in [0.29, 0.717) is 59.4 Å². The Balaban J connectivity index is 1.23. The zero-order chi connectivity index (χ0) is 23.5. The first-order valence-corrected chi connectivity index (χ1v) is 11.4. The van der Waals surface area contributed by atoms with Crippen LogP contribution in [0.4, 0.5) is 0 Å². The third-order valence-electron chi connectivity index (χ3n) is 6.51. The molecule has 6 nitrogen and oxygen atoms in total. The van der Waals surface area contributed by atoms with E-state index in [4.69, 9.17) is 9.47 Å². The summed E-state index contributed by atoms with van der Waals surface area (Å²) in [5, 5.41) is 12.6. The van der Waals surface area contributed by atoms with E-state index in [9.17, 15) is 14.9 Å². The molecule has 0 fully saturated rings. The summed E-state index contributed by atoms with van der Waals surface area (Å²) in [5.74, 6) is 1.43. The molecule has 2 aliphatic rings. The molecule has 0 bridgehead atoms. The van der Waals surface area contributed by atoms with Crippen LogP contribution in [0.1, 0.15) is 45.0 Å². The molecule has 0 radical (unpaired) electrons. The van der Waals surface area contributed by atoms with Crippen molar-refractivity contribution < 1.29 is 19.1 Å². The molecule has 3 aromatic carbocycles. The SMILES string of the molecule is N#Cc1cc2c(cc1Oc1ccc(C(=O)NCC3Cc4ccccc4C3)cc1)OCCC2C=O. The average Bonchev–Trinajstić information content (AvgIpc) is 3.30. The van der Waals surface area contributed by atoms with Crippen molar-refractivity contribution in [1.82, 2.24) is 5.32 Å². The Morgan fingerprint density at radius 1 is 1.12 bits per heavy atom. The lowest BCUT2D eigenvalue weighted by Crippen LogP contribution is -2.29. The van der Waals surface area contributed by atoms with E-state index in [2.05, 4.69) is 35.7 Å². The van der Waals surface area contributed by atoms with Gasteiger partial charge in [-0.2, -0.15) is 5.26 Å². The summed E-state index contributed by atoms with van der Waals surface area (Å²) in [6.07, 6.45) is 3.46. The minimum Gasteiger partial charge on any atom is -0.493 e. The van der Waals surface area contributed by atoms with E-state index in [0.717, 1.165) is 19.1 Å². The molecular weight excluding hydrogens is 428 g/mol. The van der Waals surface area contributed by atoms with Gasteiger partial charge in [-0.05, 0) is 66.6 Å². The Morgan fingerprint density at radius 3 is 2.53 bits per heavy atom. The molecule has 1 amide bonds. The number of aldehydes is 1. The van der Waals surface area contributed by atoms with Gasteiger partial charge >= 0.3 is 0 Å². The number of carbonyl (C=O) groups is 2. The van der Waals surface area contributed by atoms with Crippen LogP contribution in [0.3, 0.4) is 0 Å². The molecule has 1 heterocycles. The number of amides is 1. The van der Waals surface area contributed by atoms with Gasteiger partial charge in [0, 0.05) is 29.7 Å². The summed E-state index contributed by atoms with van der Waals surface area (Å²) in [5.41, 5.74) is 4.33. The van der Waals surface area contributed by atoms with E-state index in [1.807, 2.05) is 0 Å². The lowest BCUT2D eigenvalue weighted by Gasteiger charge is -2.23. The monoisotopic (exact) mass is 452 g/mol. The van der Waals surface area contributed by atoms with Crippen LogP contribution in [-0.4, -0.2) is 25.3 Å². The van der Waals surface area contributed by atoms with Crippen LogP contribution < -0.4 is 14.8 Å². The van der Waals surface area contributed by atoms with E-state index < -0.39 is 0 Å². The number of hydrogen-bond donors (Lipinski definition) is 1. The van der Waals surface area contributed by atoms with Gasteiger partial charge in [-0.1, -0.05) is 24.3 Å². The highest BCUT2D eigenvalue weighted by Gasteiger charge is 2.24. The van der Waals surface area contributed by atoms with Gasteiger partial charge in [0.1, 0.15) is 29.6 Å². The lowest BCUT2D eigenvalue weighted by atomic mass is 9.93. The number of nitrogens with zero attached hydrogens (tertiary/aromatic N) is 1. The Labute approximate surface area is 198 Å². The average molecular weight is 453 g/mol. The quantitative estimate of drug-likeness (QED) is 0.554. The molecule has 0 aromatic heterocycles. The largest absolute Gasteiger partial charge is 0.493 e. The van der Waals surface area contributed by atoms with Crippen molar-refractivity contribution >= 4 is 12.2 Å². The minimum absolute atomic E-state index is 0.123. The molecule has 170 valence electrons. The van der Waals surface area contributed by atoms with Crippen molar-refractivity contribution in [2.75, 3.05) is 13.2 Å². The topological polar surface area (TPSA) is 88.4 Å². The summed E-state index contributed by atoms with van der Waals surface area (Å²) in [7, 11) is 0. The number of nitriles is 1. The standard InChI is InChI=1S/C28H24N2O4/c29-15-23-13-25-22(17-31)9-10-33-27(25)14-26(23)34-24-7-5-19(6-8-24)28(32)30-16-18-11-20-3-1-2-4-21(20)12-18/h1-8,13-14,17-18,22H,9-12,16H2,(H,30,32). The van der Waals surface area contributed by atoms with Gasteiger partial charge in [-0.3, -0.25) is 4.79 Å². The molecule has 5 rings (SSSR count). The molecule has 1 N–H and O–H groups in total. The highest BCUT2D eigenvalue weighted by atomic mass is 16.5. The maximum absolute atomic E-state index is 12.6.